The number of imidazole rings is 1. The third-order valence-corrected chi connectivity index (χ3v) is 2.73. The fourth-order valence-electron chi connectivity index (χ4n) is 1.55. The summed E-state index contributed by atoms with van der Waals surface area (Å²) in [5.41, 5.74) is 3.56. The molecule has 0 radical (unpaired) electrons. The van der Waals surface area contributed by atoms with Crippen LogP contribution in [0.4, 0.5) is 0 Å². The molecule has 0 amide bonds. The van der Waals surface area contributed by atoms with Gasteiger partial charge in [0.25, 0.3) is 0 Å². The maximum absolute atomic E-state index is 5.70. The van der Waals surface area contributed by atoms with E-state index in [0.29, 0.717) is 5.88 Å². The highest BCUT2D eigenvalue weighted by molar-refractivity contribution is 6.16. The lowest BCUT2D eigenvalue weighted by Gasteiger charge is -2.02. The minimum atomic E-state index is 0.487. The Hall–Kier alpha value is -1.28. The Morgan fingerprint density at radius 3 is 2.80 bits per heavy atom. The van der Waals surface area contributed by atoms with Crippen LogP contribution >= 0.6 is 11.6 Å². The fourth-order valence-corrected chi connectivity index (χ4v) is 1.69. The van der Waals surface area contributed by atoms with Gasteiger partial charge in [0.15, 0.2) is 0 Å². The molecule has 0 atom stereocenters. The molecule has 0 fully saturated rings. The molecular formula is C12H13ClN2. The highest BCUT2D eigenvalue weighted by atomic mass is 35.5. The lowest BCUT2D eigenvalue weighted by molar-refractivity contribution is 1.00. The highest BCUT2D eigenvalue weighted by Gasteiger charge is 2.02. The SMILES string of the molecule is Cc1ccccc1Cc1ncc(CCl)[nH]1. The molecule has 0 spiro atoms. The molecule has 0 saturated heterocycles. The van der Waals surface area contributed by atoms with Crippen molar-refractivity contribution in [2.24, 2.45) is 0 Å². The minimum absolute atomic E-state index is 0.487. The first kappa shape index (κ1) is 10.2. The van der Waals surface area contributed by atoms with Crippen LogP contribution in [0.25, 0.3) is 0 Å². The van der Waals surface area contributed by atoms with E-state index in [1.54, 1.807) is 6.20 Å². The maximum Gasteiger partial charge on any atom is 0.110 e. The summed E-state index contributed by atoms with van der Waals surface area (Å²) in [5.74, 6) is 1.46. The van der Waals surface area contributed by atoms with Crippen molar-refractivity contribution in [2.75, 3.05) is 0 Å². The maximum atomic E-state index is 5.70. The summed E-state index contributed by atoms with van der Waals surface area (Å²) in [6, 6.07) is 8.33. The van der Waals surface area contributed by atoms with E-state index in [1.165, 1.54) is 11.1 Å². The summed E-state index contributed by atoms with van der Waals surface area (Å²) >= 11 is 5.70. The van der Waals surface area contributed by atoms with Crippen LogP contribution in [0, 0.1) is 6.92 Å². The molecule has 2 nitrogen and oxygen atoms in total. The number of hydrogen-bond acceptors (Lipinski definition) is 1. The van der Waals surface area contributed by atoms with E-state index in [4.69, 9.17) is 11.6 Å². The van der Waals surface area contributed by atoms with E-state index < -0.39 is 0 Å². The quantitative estimate of drug-likeness (QED) is 0.792. The predicted molar refractivity (Wildman–Crippen MR) is 62.1 cm³/mol. The molecule has 1 heterocycles. The minimum Gasteiger partial charge on any atom is -0.345 e. The molecule has 0 saturated carbocycles. The van der Waals surface area contributed by atoms with Crippen LogP contribution in [0.15, 0.2) is 30.5 Å². The monoisotopic (exact) mass is 220 g/mol. The number of hydrogen-bond donors (Lipinski definition) is 1. The number of aromatic amines is 1. The topological polar surface area (TPSA) is 28.7 Å². The molecule has 1 aromatic heterocycles. The molecule has 15 heavy (non-hydrogen) atoms. The van der Waals surface area contributed by atoms with E-state index in [-0.39, 0.29) is 0 Å². The molecule has 0 aliphatic rings. The van der Waals surface area contributed by atoms with E-state index in [2.05, 4.69) is 29.0 Å². The summed E-state index contributed by atoms with van der Waals surface area (Å²) < 4.78 is 0. The summed E-state index contributed by atoms with van der Waals surface area (Å²) in [6.45, 7) is 2.11. The number of halogens is 1. The molecule has 78 valence electrons. The highest BCUT2D eigenvalue weighted by Crippen LogP contribution is 2.11. The lowest BCUT2D eigenvalue weighted by Crippen LogP contribution is -1.93. The normalized spacial score (nSPS) is 10.5. The Labute approximate surface area is 94.3 Å². The second-order valence-corrected chi connectivity index (χ2v) is 3.86. The summed E-state index contributed by atoms with van der Waals surface area (Å²) in [6.07, 6.45) is 2.63. The molecule has 1 aromatic carbocycles. The van der Waals surface area contributed by atoms with Gasteiger partial charge < -0.3 is 4.98 Å². The number of nitrogens with one attached hydrogen (secondary N) is 1. The zero-order chi connectivity index (χ0) is 10.7. The van der Waals surface area contributed by atoms with Gasteiger partial charge >= 0.3 is 0 Å². The second kappa shape index (κ2) is 4.49. The molecular weight excluding hydrogens is 208 g/mol. The molecule has 2 aromatic rings. The van der Waals surface area contributed by atoms with Gasteiger partial charge in [0, 0.05) is 18.3 Å². The van der Waals surface area contributed by atoms with Gasteiger partial charge in [-0.15, -0.1) is 11.6 Å². The molecule has 0 aliphatic carbocycles. The molecule has 0 bridgehead atoms. The van der Waals surface area contributed by atoms with Gasteiger partial charge in [-0.05, 0) is 18.1 Å². The van der Waals surface area contributed by atoms with Gasteiger partial charge in [0.2, 0.25) is 0 Å². The Balaban J connectivity index is 2.18. The summed E-state index contributed by atoms with van der Waals surface area (Å²) in [5, 5.41) is 0. The van der Waals surface area contributed by atoms with Crippen molar-refractivity contribution >= 4 is 11.6 Å². The average molecular weight is 221 g/mol. The van der Waals surface area contributed by atoms with Crippen LogP contribution in [-0.2, 0) is 12.3 Å². The lowest BCUT2D eigenvalue weighted by atomic mass is 10.1. The van der Waals surface area contributed by atoms with Crippen LogP contribution in [0.3, 0.4) is 0 Å². The Bertz CT molecular complexity index is 448. The first-order chi connectivity index (χ1) is 7.29. The number of aromatic nitrogens is 2. The number of rotatable bonds is 3. The largest absolute Gasteiger partial charge is 0.345 e. The number of H-pyrrole nitrogens is 1. The van der Waals surface area contributed by atoms with Crippen molar-refractivity contribution in [1.29, 1.82) is 0 Å². The van der Waals surface area contributed by atoms with Crippen molar-refractivity contribution < 1.29 is 0 Å². The van der Waals surface area contributed by atoms with Crippen LogP contribution in [0.5, 0.6) is 0 Å². The predicted octanol–water partition coefficient (Wildman–Crippen LogP) is 3.05. The van der Waals surface area contributed by atoms with E-state index in [9.17, 15) is 0 Å². The van der Waals surface area contributed by atoms with E-state index in [1.807, 2.05) is 12.1 Å². The molecule has 0 aliphatic heterocycles. The first-order valence-electron chi connectivity index (χ1n) is 4.93. The van der Waals surface area contributed by atoms with Gasteiger partial charge in [0.05, 0.1) is 5.88 Å². The number of benzene rings is 1. The second-order valence-electron chi connectivity index (χ2n) is 3.59. The van der Waals surface area contributed by atoms with Gasteiger partial charge in [-0.2, -0.15) is 0 Å². The molecule has 2 rings (SSSR count). The fraction of sp³-hybridized carbons (Fsp3) is 0.250. The van der Waals surface area contributed by atoms with Gasteiger partial charge in [-0.1, -0.05) is 24.3 Å². The average Bonchev–Trinajstić information content (AvgIpc) is 2.69. The van der Waals surface area contributed by atoms with E-state index >= 15 is 0 Å². The van der Waals surface area contributed by atoms with E-state index in [0.717, 1.165) is 17.9 Å². The Morgan fingerprint density at radius 2 is 2.13 bits per heavy atom. The summed E-state index contributed by atoms with van der Waals surface area (Å²) in [4.78, 5) is 7.48. The third kappa shape index (κ3) is 2.39. The van der Waals surface area contributed by atoms with Crippen molar-refractivity contribution in [2.45, 2.75) is 19.2 Å². The zero-order valence-electron chi connectivity index (χ0n) is 8.63. The van der Waals surface area contributed by atoms with Crippen LogP contribution in [0.1, 0.15) is 22.6 Å². The van der Waals surface area contributed by atoms with Crippen molar-refractivity contribution in [3.8, 4) is 0 Å². The van der Waals surface area contributed by atoms with Crippen molar-refractivity contribution in [1.82, 2.24) is 9.97 Å². The Morgan fingerprint density at radius 1 is 1.33 bits per heavy atom. The van der Waals surface area contributed by atoms with Gasteiger partial charge in [-0.25, -0.2) is 4.98 Å². The zero-order valence-corrected chi connectivity index (χ0v) is 9.38. The summed E-state index contributed by atoms with van der Waals surface area (Å²) in [7, 11) is 0. The molecule has 0 unspecified atom stereocenters. The smallest absolute Gasteiger partial charge is 0.110 e. The number of alkyl halides is 1. The molecule has 1 N–H and O–H groups in total. The van der Waals surface area contributed by atoms with Gasteiger partial charge in [-0.3, -0.25) is 0 Å². The number of aryl methyl sites for hydroxylation is 1. The number of nitrogens with zero attached hydrogens (tertiary/aromatic N) is 1. The van der Waals surface area contributed by atoms with Crippen LogP contribution in [0.2, 0.25) is 0 Å². The van der Waals surface area contributed by atoms with Crippen molar-refractivity contribution in [3.05, 3.63) is 53.1 Å². The first-order valence-corrected chi connectivity index (χ1v) is 5.46. The Kier molecular flexibility index (Phi) is 3.07. The van der Waals surface area contributed by atoms with Crippen LogP contribution in [-0.4, -0.2) is 9.97 Å². The third-order valence-electron chi connectivity index (χ3n) is 2.44. The van der Waals surface area contributed by atoms with Gasteiger partial charge in [0.1, 0.15) is 5.82 Å². The molecule has 3 heteroatoms. The van der Waals surface area contributed by atoms with Crippen molar-refractivity contribution in [3.63, 3.8) is 0 Å². The van der Waals surface area contributed by atoms with Crippen LogP contribution < -0.4 is 0 Å². The standard InChI is InChI=1S/C12H13ClN2/c1-9-4-2-3-5-10(9)6-12-14-8-11(7-13)15-12/h2-5,8H,6-7H2,1H3,(H,14,15).